The van der Waals surface area contributed by atoms with Crippen LogP contribution < -0.4 is 4.72 Å². The number of fused-ring (bicyclic) bond motifs is 1. The summed E-state index contributed by atoms with van der Waals surface area (Å²) < 4.78 is 28.9. The normalized spacial score (nSPS) is 13.5. The van der Waals surface area contributed by atoms with Gasteiger partial charge in [0.2, 0.25) is 10.0 Å². The minimum absolute atomic E-state index is 0.0665. The second kappa shape index (κ2) is 7.86. The fraction of sp³-hybridized carbons (Fsp3) is 0.476. The number of H-pyrrole nitrogens is 1. The van der Waals surface area contributed by atoms with E-state index >= 15 is 0 Å². The van der Waals surface area contributed by atoms with Gasteiger partial charge in [-0.25, -0.2) is 17.7 Å². The molecule has 0 radical (unpaired) electrons. The van der Waals surface area contributed by atoms with Gasteiger partial charge in [-0.05, 0) is 32.4 Å². The molecule has 0 bridgehead atoms. The summed E-state index contributed by atoms with van der Waals surface area (Å²) >= 11 is 0. The standard InChI is InChI=1S/C21H29N5O3S/c1-13-9-14(2)11-16(10-13)20(27)25-30(28,29)8-7-15(3)19-23-22-18-12-17(21(4,5)6)24-26(18)19/h9-12,15,24H,7-8H2,1-6H3,(H,25,27). The Hall–Kier alpha value is -2.68. The van der Waals surface area contributed by atoms with Crippen molar-refractivity contribution in [1.82, 2.24) is 24.5 Å². The summed E-state index contributed by atoms with van der Waals surface area (Å²) in [6.45, 7) is 11.9. The van der Waals surface area contributed by atoms with Gasteiger partial charge in [-0.2, -0.15) is 0 Å². The minimum Gasteiger partial charge on any atom is -0.295 e. The maximum absolute atomic E-state index is 12.5. The summed E-state index contributed by atoms with van der Waals surface area (Å²) in [6.07, 6.45) is 0.306. The summed E-state index contributed by atoms with van der Waals surface area (Å²) in [5.74, 6) is -0.305. The lowest BCUT2D eigenvalue weighted by atomic mass is 9.93. The third-order valence-corrected chi connectivity index (χ3v) is 6.29. The molecule has 2 aromatic heterocycles. The van der Waals surface area contributed by atoms with E-state index in [9.17, 15) is 13.2 Å². The van der Waals surface area contributed by atoms with E-state index in [4.69, 9.17) is 0 Å². The highest BCUT2D eigenvalue weighted by atomic mass is 32.2. The van der Waals surface area contributed by atoms with Crippen molar-refractivity contribution in [2.45, 2.75) is 59.3 Å². The van der Waals surface area contributed by atoms with E-state index in [2.05, 4.69) is 40.8 Å². The van der Waals surface area contributed by atoms with E-state index in [1.165, 1.54) is 0 Å². The van der Waals surface area contributed by atoms with Crippen molar-refractivity contribution in [1.29, 1.82) is 0 Å². The quantitative estimate of drug-likeness (QED) is 0.623. The number of aromatic amines is 1. The van der Waals surface area contributed by atoms with Crippen molar-refractivity contribution in [3.63, 3.8) is 0 Å². The molecule has 1 atom stereocenters. The second-order valence-electron chi connectivity index (χ2n) is 8.99. The molecule has 0 saturated heterocycles. The molecule has 0 aliphatic heterocycles. The predicted octanol–water partition coefficient (Wildman–Crippen LogP) is 3.23. The SMILES string of the molecule is Cc1cc(C)cc(C(=O)NS(=O)(=O)CCC(C)c2nnc3cc(C(C)(C)C)[nH]n23)c1. The fourth-order valence-electron chi connectivity index (χ4n) is 3.32. The Bertz CT molecular complexity index is 1160. The summed E-state index contributed by atoms with van der Waals surface area (Å²) in [5.41, 5.74) is 3.81. The van der Waals surface area contributed by atoms with Gasteiger partial charge in [0.05, 0.1) is 5.75 Å². The van der Waals surface area contributed by atoms with Crippen LogP contribution in [0.5, 0.6) is 0 Å². The highest BCUT2D eigenvalue weighted by molar-refractivity contribution is 7.90. The molecular weight excluding hydrogens is 402 g/mol. The number of hydrogen-bond donors (Lipinski definition) is 2. The topological polar surface area (TPSA) is 109 Å². The highest BCUT2D eigenvalue weighted by Crippen LogP contribution is 2.24. The van der Waals surface area contributed by atoms with Crippen LogP contribution in [0.2, 0.25) is 0 Å². The van der Waals surface area contributed by atoms with E-state index in [1.54, 1.807) is 16.6 Å². The molecule has 2 N–H and O–H groups in total. The number of sulfonamides is 1. The van der Waals surface area contributed by atoms with Gasteiger partial charge in [-0.3, -0.25) is 9.89 Å². The lowest BCUT2D eigenvalue weighted by Crippen LogP contribution is -2.33. The first-order chi connectivity index (χ1) is 13.9. The summed E-state index contributed by atoms with van der Waals surface area (Å²) in [7, 11) is -3.78. The molecule has 1 unspecified atom stereocenters. The molecular formula is C21H29N5O3S. The maximum Gasteiger partial charge on any atom is 0.264 e. The molecule has 8 nitrogen and oxygen atoms in total. The van der Waals surface area contributed by atoms with Gasteiger partial charge in [-0.15, -0.1) is 10.2 Å². The van der Waals surface area contributed by atoms with Gasteiger partial charge < -0.3 is 0 Å². The van der Waals surface area contributed by atoms with Gasteiger partial charge >= 0.3 is 0 Å². The number of nitrogens with one attached hydrogen (secondary N) is 2. The van der Waals surface area contributed by atoms with Gasteiger partial charge in [0.1, 0.15) is 0 Å². The van der Waals surface area contributed by atoms with E-state index in [0.29, 0.717) is 23.5 Å². The lowest BCUT2D eigenvalue weighted by molar-refractivity contribution is 0.0981. The maximum atomic E-state index is 12.5. The molecule has 0 aliphatic rings. The third-order valence-electron chi connectivity index (χ3n) is 5.02. The molecule has 162 valence electrons. The Morgan fingerprint density at radius 1 is 1.13 bits per heavy atom. The first kappa shape index (κ1) is 22.0. The van der Waals surface area contributed by atoms with Crippen LogP contribution >= 0.6 is 0 Å². The Labute approximate surface area is 177 Å². The largest absolute Gasteiger partial charge is 0.295 e. The zero-order valence-electron chi connectivity index (χ0n) is 18.3. The molecule has 2 heterocycles. The zero-order chi connectivity index (χ0) is 22.3. The monoisotopic (exact) mass is 431 g/mol. The van der Waals surface area contributed by atoms with E-state index < -0.39 is 15.9 Å². The van der Waals surface area contributed by atoms with Crippen molar-refractivity contribution in [3.8, 4) is 0 Å². The molecule has 0 aliphatic carbocycles. The third kappa shape index (κ3) is 4.89. The average molecular weight is 432 g/mol. The zero-order valence-corrected chi connectivity index (χ0v) is 19.1. The van der Waals surface area contributed by atoms with E-state index in [0.717, 1.165) is 16.8 Å². The number of carbonyl (C=O) groups excluding carboxylic acids is 1. The highest BCUT2D eigenvalue weighted by Gasteiger charge is 2.23. The fourth-order valence-corrected chi connectivity index (χ4v) is 4.49. The van der Waals surface area contributed by atoms with Crippen molar-refractivity contribution in [3.05, 3.63) is 52.5 Å². The van der Waals surface area contributed by atoms with Gasteiger partial charge in [0, 0.05) is 28.7 Å². The van der Waals surface area contributed by atoms with Crippen LogP contribution in [0.1, 0.15) is 73.0 Å². The van der Waals surface area contributed by atoms with Crippen LogP contribution in [0.15, 0.2) is 24.3 Å². The molecule has 3 aromatic rings. The first-order valence-electron chi connectivity index (χ1n) is 9.93. The smallest absolute Gasteiger partial charge is 0.264 e. The number of amides is 1. The number of hydrogen-bond acceptors (Lipinski definition) is 5. The van der Waals surface area contributed by atoms with Crippen molar-refractivity contribution >= 4 is 21.6 Å². The first-order valence-corrected chi connectivity index (χ1v) is 11.6. The molecule has 0 fully saturated rings. The minimum atomic E-state index is -3.78. The number of aryl methyl sites for hydroxylation is 2. The average Bonchev–Trinajstić information content (AvgIpc) is 3.19. The molecule has 1 amide bonds. The Balaban J connectivity index is 1.69. The Morgan fingerprint density at radius 3 is 2.37 bits per heavy atom. The van der Waals surface area contributed by atoms with E-state index in [-0.39, 0.29) is 17.1 Å². The van der Waals surface area contributed by atoms with Crippen LogP contribution in [-0.2, 0) is 15.4 Å². The molecule has 30 heavy (non-hydrogen) atoms. The molecule has 9 heteroatoms. The Kier molecular flexibility index (Phi) is 5.77. The summed E-state index contributed by atoms with van der Waals surface area (Å²) in [4.78, 5) is 12.4. The number of benzene rings is 1. The van der Waals surface area contributed by atoms with Gasteiger partial charge in [0.25, 0.3) is 5.91 Å². The predicted molar refractivity (Wildman–Crippen MR) is 116 cm³/mol. The molecule has 0 spiro atoms. The molecule has 0 saturated carbocycles. The summed E-state index contributed by atoms with van der Waals surface area (Å²) in [6, 6.07) is 7.22. The number of carbonyl (C=O) groups is 1. The summed E-state index contributed by atoms with van der Waals surface area (Å²) in [5, 5.41) is 11.7. The van der Waals surface area contributed by atoms with Crippen LogP contribution in [0.25, 0.3) is 5.65 Å². The number of nitrogens with zero attached hydrogens (tertiary/aromatic N) is 3. The van der Waals surface area contributed by atoms with Gasteiger partial charge in [-0.1, -0.05) is 44.9 Å². The van der Waals surface area contributed by atoms with Crippen LogP contribution in [0.4, 0.5) is 0 Å². The second-order valence-corrected chi connectivity index (χ2v) is 10.8. The van der Waals surface area contributed by atoms with Crippen molar-refractivity contribution < 1.29 is 13.2 Å². The van der Waals surface area contributed by atoms with Crippen molar-refractivity contribution in [2.24, 2.45) is 0 Å². The molecule has 3 rings (SSSR count). The van der Waals surface area contributed by atoms with Crippen molar-refractivity contribution in [2.75, 3.05) is 5.75 Å². The Morgan fingerprint density at radius 2 is 1.77 bits per heavy atom. The number of aromatic nitrogens is 4. The lowest BCUT2D eigenvalue weighted by Gasteiger charge is -2.15. The molecule has 1 aromatic carbocycles. The van der Waals surface area contributed by atoms with Crippen LogP contribution in [-0.4, -0.2) is 39.9 Å². The number of rotatable bonds is 6. The van der Waals surface area contributed by atoms with Crippen LogP contribution in [0.3, 0.4) is 0 Å². The van der Waals surface area contributed by atoms with Crippen LogP contribution in [0, 0.1) is 13.8 Å². The van der Waals surface area contributed by atoms with Gasteiger partial charge in [0.15, 0.2) is 11.5 Å². The van der Waals surface area contributed by atoms with E-state index in [1.807, 2.05) is 32.9 Å².